The minimum absolute atomic E-state index is 0.794. The van der Waals surface area contributed by atoms with Gasteiger partial charge in [0.25, 0.3) is 0 Å². The van der Waals surface area contributed by atoms with Gasteiger partial charge in [-0.05, 0) is 24.5 Å². The molecule has 120 valence electrons. The van der Waals surface area contributed by atoms with Crippen LogP contribution in [0.25, 0.3) is 0 Å². The smallest absolute Gasteiger partial charge is 0.146 e. The summed E-state index contributed by atoms with van der Waals surface area (Å²) < 4.78 is 5.13. The molecule has 0 aliphatic heterocycles. The molecule has 0 aliphatic carbocycles. The molecule has 0 N–H and O–H groups in total. The molecule has 0 radical (unpaired) electrons. The van der Waals surface area contributed by atoms with Gasteiger partial charge in [-0.2, -0.15) is 0 Å². The molecule has 0 saturated carbocycles. The predicted molar refractivity (Wildman–Crippen MR) is 95.3 cm³/mol. The second-order valence-corrected chi connectivity index (χ2v) is 7.60. The van der Waals surface area contributed by atoms with Gasteiger partial charge in [0.15, 0.2) is 0 Å². The van der Waals surface area contributed by atoms with Crippen molar-refractivity contribution in [3.05, 3.63) is 24.2 Å². The Morgan fingerprint density at radius 1 is 0.905 bits per heavy atom. The molecule has 0 spiro atoms. The molecule has 21 heavy (non-hydrogen) atoms. The standard InChI is InChI=1S/C19H35BO/c1-15(2)17(5)20(18(6)16(3)4)12-9-7-8-10-19-11-13-21-14-19/h11,13-18H,7-10,12H2,1-6H3. The SMILES string of the molecule is CC(C)C(C)B(CCCCCc1ccoc1)C(C)C(C)C. The first kappa shape index (κ1) is 18.4. The first-order valence-corrected chi connectivity index (χ1v) is 8.94. The van der Waals surface area contributed by atoms with Gasteiger partial charge in [0.2, 0.25) is 0 Å². The second-order valence-electron chi connectivity index (χ2n) is 7.60. The van der Waals surface area contributed by atoms with Gasteiger partial charge < -0.3 is 4.42 Å². The molecule has 1 aromatic rings. The number of rotatable bonds is 10. The third kappa shape index (κ3) is 6.32. The van der Waals surface area contributed by atoms with E-state index in [1.54, 1.807) is 6.26 Å². The Balaban J connectivity index is 2.35. The summed E-state index contributed by atoms with van der Waals surface area (Å²) in [5, 5.41) is 0. The van der Waals surface area contributed by atoms with Crippen molar-refractivity contribution < 1.29 is 4.42 Å². The fraction of sp³-hybridized carbons (Fsp3) is 0.789. The van der Waals surface area contributed by atoms with E-state index in [1.165, 1.54) is 37.6 Å². The molecule has 2 heteroatoms. The third-order valence-electron chi connectivity index (χ3n) is 5.54. The molecule has 1 aromatic heterocycles. The van der Waals surface area contributed by atoms with Gasteiger partial charge in [-0.25, -0.2) is 0 Å². The second kappa shape index (κ2) is 9.38. The van der Waals surface area contributed by atoms with Gasteiger partial charge in [-0.1, -0.05) is 84.2 Å². The first-order chi connectivity index (χ1) is 9.93. The number of furan rings is 1. The lowest BCUT2D eigenvalue weighted by Gasteiger charge is -2.31. The highest BCUT2D eigenvalue weighted by molar-refractivity contribution is 6.62. The van der Waals surface area contributed by atoms with E-state index in [1.807, 2.05) is 6.26 Å². The lowest BCUT2D eigenvalue weighted by Crippen LogP contribution is -2.29. The summed E-state index contributed by atoms with van der Waals surface area (Å²) in [5.41, 5.74) is 1.35. The van der Waals surface area contributed by atoms with Crippen LogP contribution in [0.5, 0.6) is 0 Å². The van der Waals surface area contributed by atoms with Crippen molar-refractivity contribution in [1.29, 1.82) is 0 Å². The predicted octanol–water partition coefficient (Wildman–Crippen LogP) is 6.58. The molecule has 2 atom stereocenters. The van der Waals surface area contributed by atoms with Crippen molar-refractivity contribution >= 4 is 6.71 Å². The van der Waals surface area contributed by atoms with Crippen molar-refractivity contribution in [1.82, 2.24) is 0 Å². The molecule has 0 saturated heterocycles. The van der Waals surface area contributed by atoms with Crippen LogP contribution < -0.4 is 0 Å². The average Bonchev–Trinajstić information content (AvgIpc) is 2.94. The fourth-order valence-electron chi connectivity index (χ4n) is 3.31. The normalized spacial score (nSPS) is 14.7. The molecule has 2 unspecified atom stereocenters. The van der Waals surface area contributed by atoms with Crippen molar-refractivity contribution in [3.63, 3.8) is 0 Å². The summed E-state index contributed by atoms with van der Waals surface area (Å²) in [5.74, 6) is 3.25. The van der Waals surface area contributed by atoms with E-state index in [4.69, 9.17) is 4.42 Å². The Labute approximate surface area is 133 Å². The molecule has 0 fully saturated rings. The summed E-state index contributed by atoms with van der Waals surface area (Å²) in [6.07, 6.45) is 10.2. The zero-order valence-corrected chi connectivity index (χ0v) is 15.1. The van der Waals surface area contributed by atoms with Gasteiger partial charge in [0.05, 0.1) is 12.5 Å². The van der Waals surface area contributed by atoms with E-state index < -0.39 is 0 Å². The maximum absolute atomic E-state index is 5.13. The molecule has 0 aromatic carbocycles. The van der Waals surface area contributed by atoms with E-state index in [0.29, 0.717) is 0 Å². The molecule has 0 amide bonds. The van der Waals surface area contributed by atoms with Gasteiger partial charge in [-0.15, -0.1) is 0 Å². The van der Waals surface area contributed by atoms with Crippen molar-refractivity contribution in [2.75, 3.05) is 0 Å². The average molecular weight is 290 g/mol. The van der Waals surface area contributed by atoms with E-state index in [0.717, 1.165) is 30.2 Å². The molecule has 0 bridgehead atoms. The van der Waals surface area contributed by atoms with Crippen LogP contribution >= 0.6 is 0 Å². The molecular weight excluding hydrogens is 255 g/mol. The van der Waals surface area contributed by atoms with Crippen LogP contribution in [-0.2, 0) is 6.42 Å². The maximum atomic E-state index is 5.13. The van der Waals surface area contributed by atoms with Crippen LogP contribution in [0.1, 0.15) is 66.4 Å². The van der Waals surface area contributed by atoms with Crippen LogP contribution in [-0.4, -0.2) is 6.71 Å². The molecule has 0 aliphatic rings. The highest BCUT2D eigenvalue weighted by Gasteiger charge is 2.30. The highest BCUT2D eigenvalue weighted by Crippen LogP contribution is 2.35. The molecule has 1 heterocycles. The number of unbranched alkanes of at least 4 members (excludes halogenated alkanes) is 2. The summed E-state index contributed by atoms with van der Waals surface area (Å²) in [4.78, 5) is 0. The minimum Gasteiger partial charge on any atom is -0.472 e. The van der Waals surface area contributed by atoms with E-state index in [9.17, 15) is 0 Å². The Morgan fingerprint density at radius 2 is 1.52 bits per heavy atom. The van der Waals surface area contributed by atoms with Crippen LogP contribution in [0.4, 0.5) is 0 Å². The summed E-state index contributed by atoms with van der Waals surface area (Å²) in [6.45, 7) is 15.3. The summed E-state index contributed by atoms with van der Waals surface area (Å²) in [6, 6.07) is 2.09. The topological polar surface area (TPSA) is 13.1 Å². The maximum Gasteiger partial charge on any atom is 0.146 e. The largest absolute Gasteiger partial charge is 0.472 e. The van der Waals surface area contributed by atoms with Gasteiger partial charge in [-0.3, -0.25) is 0 Å². The summed E-state index contributed by atoms with van der Waals surface area (Å²) in [7, 11) is 0. The molecule has 1 rings (SSSR count). The summed E-state index contributed by atoms with van der Waals surface area (Å²) >= 11 is 0. The lowest BCUT2D eigenvalue weighted by atomic mass is 9.29. The van der Waals surface area contributed by atoms with Gasteiger partial charge in [0, 0.05) is 0 Å². The molecule has 1 nitrogen and oxygen atoms in total. The van der Waals surface area contributed by atoms with E-state index in [-0.39, 0.29) is 0 Å². The van der Waals surface area contributed by atoms with Crippen molar-refractivity contribution in [2.24, 2.45) is 11.8 Å². The Bertz CT molecular complexity index is 342. The van der Waals surface area contributed by atoms with E-state index in [2.05, 4.69) is 47.6 Å². The lowest BCUT2D eigenvalue weighted by molar-refractivity contribution is 0.553. The van der Waals surface area contributed by atoms with Crippen LogP contribution in [0.3, 0.4) is 0 Å². The minimum atomic E-state index is 0.794. The van der Waals surface area contributed by atoms with Crippen LogP contribution in [0, 0.1) is 11.8 Å². The zero-order chi connectivity index (χ0) is 15.8. The Hall–Kier alpha value is -0.655. The van der Waals surface area contributed by atoms with Gasteiger partial charge >= 0.3 is 0 Å². The zero-order valence-electron chi connectivity index (χ0n) is 15.1. The first-order valence-electron chi connectivity index (χ1n) is 8.94. The molecular formula is C19H35BO. The number of hydrogen-bond donors (Lipinski definition) is 0. The highest BCUT2D eigenvalue weighted by atomic mass is 16.3. The quantitative estimate of drug-likeness (QED) is 0.350. The van der Waals surface area contributed by atoms with E-state index >= 15 is 0 Å². The number of aryl methyl sites for hydroxylation is 1. The van der Waals surface area contributed by atoms with Crippen molar-refractivity contribution in [2.45, 2.75) is 85.2 Å². The fourth-order valence-corrected chi connectivity index (χ4v) is 3.31. The third-order valence-corrected chi connectivity index (χ3v) is 5.54. The number of hydrogen-bond acceptors (Lipinski definition) is 1. The monoisotopic (exact) mass is 290 g/mol. The Kier molecular flexibility index (Phi) is 8.22. The Morgan fingerprint density at radius 3 is 2.00 bits per heavy atom. The van der Waals surface area contributed by atoms with Crippen molar-refractivity contribution in [3.8, 4) is 0 Å². The van der Waals surface area contributed by atoms with Gasteiger partial charge in [0.1, 0.15) is 6.71 Å². The van der Waals surface area contributed by atoms with Crippen LogP contribution in [0.15, 0.2) is 23.0 Å². The van der Waals surface area contributed by atoms with Crippen LogP contribution in [0.2, 0.25) is 18.0 Å².